The minimum absolute atomic E-state index is 0.00189. The molecule has 7 saturated carbocycles. The first-order chi connectivity index (χ1) is 33.6. The average Bonchev–Trinajstić information content (AvgIpc) is 4.20. The molecule has 2 bridgehead atoms. The normalized spacial score (nSPS) is 48.5. The molecular formula is C58H80N2O11. The quantitative estimate of drug-likeness (QED) is 0.0711. The molecule has 388 valence electrons. The van der Waals surface area contributed by atoms with Crippen molar-refractivity contribution < 1.29 is 53.0 Å². The molecular weight excluding hydrogens is 901 g/mol. The Hall–Kier alpha value is -3.49. The molecule has 13 heteroatoms. The standard InChI is InChI=1S/C58H80N2O11/c1-30(2)57-46(70-57)47-58(71-47)55(9)22-20-38-39(28-66-48(38)63)45(55)44-27-56(58,69-44)49(57)68-51(65)60-53(7)26-36(25-52(5,6)29-53)59-50(64)67-43(34-14-15-34)19-12-31(3)40-17-18-41-33(11-10-21-54(40,41)8)13-16-35-23-37(61)24-42(62)32(35)4/h12-13,16,19,30-31,34,36-37,40-47,49,61-62H,4,10-11,14-15,17-18,20-29H2,1-3,5-9H3,(H,59,64)(H,60,65)/b19-12+,33-13+,35-16-/t31-,36?,37+,40?,41?,42-,43?,44?,45+,46-,47-,49-,53?,54+,55-,56+,57-,58+/m0/s1. The van der Waals surface area contributed by atoms with E-state index in [2.05, 4.69) is 96.9 Å². The summed E-state index contributed by atoms with van der Waals surface area (Å²) in [5.41, 5.74) is 1.65. The number of hydrogen-bond acceptors (Lipinski definition) is 11. The summed E-state index contributed by atoms with van der Waals surface area (Å²) in [6, 6.07) is -0.233. The van der Waals surface area contributed by atoms with Gasteiger partial charge in [0.25, 0.3) is 0 Å². The highest BCUT2D eigenvalue weighted by molar-refractivity contribution is 5.92. The number of fused-ring (bicyclic) bond motifs is 3. The molecule has 13 rings (SSSR count). The lowest BCUT2D eigenvalue weighted by atomic mass is 9.42. The summed E-state index contributed by atoms with van der Waals surface area (Å²) < 4.78 is 39.3. The van der Waals surface area contributed by atoms with Crippen LogP contribution in [-0.2, 0) is 33.2 Å². The van der Waals surface area contributed by atoms with Gasteiger partial charge in [-0.25, -0.2) is 14.4 Å². The first-order valence-corrected chi connectivity index (χ1v) is 27.6. The van der Waals surface area contributed by atoms with Gasteiger partial charge in [0, 0.05) is 41.3 Å². The molecule has 11 fully saturated rings. The number of amides is 2. The van der Waals surface area contributed by atoms with E-state index in [1.165, 1.54) is 12.0 Å². The summed E-state index contributed by atoms with van der Waals surface area (Å²) in [7, 11) is 0. The summed E-state index contributed by atoms with van der Waals surface area (Å²) >= 11 is 0. The number of ether oxygens (including phenoxy) is 6. The number of cyclic esters (lactones) is 1. The molecule has 8 aliphatic carbocycles. The molecule has 6 unspecified atom stereocenters. The minimum Gasteiger partial charge on any atom is -0.458 e. The molecule has 2 spiro atoms. The van der Waals surface area contributed by atoms with E-state index < -0.39 is 52.8 Å². The highest BCUT2D eigenvalue weighted by atomic mass is 16.7. The highest BCUT2D eigenvalue weighted by Gasteiger charge is 2.99. The van der Waals surface area contributed by atoms with Crippen molar-refractivity contribution in [3.63, 3.8) is 0 Å². The maximum atomic E-state index is 14.5. The van der Waals surface area contributed by atoms with Crippen molar-refractivity contribution in [2.45, 2.75) is 223 Å². The third kappa shape index (κ3) is 7.24. The van der Waals surface area contributed by atoms with Gasteiger partial charge in [0.2, 0.25) is 0 Å². The predicted molar refractivity (Wildman–Crippen MR) is 263 cm³/mol. The number of aliphatic hydroxyl groups excluding tert-OH is 2. The Morgan fingerprint density at radius 2 is 1.68 bits per heavy atom. The van der Waals surface area contributed by atoms with Crippen molar-refractivity contribution in [2.75, 3.05) is 6.61 Å². The van der Waals surface area contributed by atoms with E-state index >= 15 is 0 Å². The molecule has 13 aliphatic rings. The molecule has 5 heterocycles. The van der Waals surface area contributed by atoms with Crippen LogP contribution in [0.25, 0.3) is 0 Å². The van der Waals surface area contributed by atoms with Crippen LogP contribution in [0.3, 0.4) is 0 Å². The van der Waals surface area contributed by atoms with Gasteiger partial charge >= 0.3 is 18.2 Å². The zero-order valence-corrected chi connectivity index (χ0v) is 43.5. The van der Waals surface area contributed by atoms with Gasteiger partial charge < -0.3 is 49.3 Å². The van der Waals surface area contributed by atoms with E-state index in [1.807, 2.05) is 0 Å². The summed E-state index contributed by atoms with van der Waals surface area (Å²) in [6.45, 7) is 22.2. The lowest BCUT2D eigenvalue weighted by molar-refractivity contribution is -0.365. The Bertz CT molecular complexity index is 2410. The Labute approximate surface area is 420 Å². The van der Waals surface area contributed by atoms with Crippen LogP contribution in [0.5, 0.6) is 0 Å². The fraction of sp³-hybridized carbons (Fsp3) is 0.776. The first-order valence-electron chi connectivity index (χ1n) is 27.6. The molecule has 13 nitrogen and oxygen atoms in total. The molecule has 0 aromatic rings. The van der Waals surface area contributed by atoms with Gasteiger partial charge in [0.1, 0.15) is 41.7 Å². The molecule has 0 aromatic carbocycles. The van der Waals surface area contributed by atoms with Gasteiger partial charge in [0.15, 0.2) is 6.10 Å². The largest absolute Gasteiger partial charge is 0.458 e. The van der Waals surface area contributed by atoms with Crippen LogP contribution >= 0.6 is 0 Å². The molecule has 2 amide bonds. The number of allylic oxidation sites excluding steroid dienone is 4. The van der Waals surface area contributed by atoms with E-state index in [4.69, 9.17) is 28.4 Å². The van der Waals surface area contributed by atoms with Gasteiger partial charge in [-0.15, -0.1) is 0 Å². The molecule has 71 heavy (non-hydrogen) atoms. The molecule has 4 N–H and O–H groups in total. The van der Waals surface area contributed by atoms with Crippen molar-refractivity contribution in [3.05, 3.63) is 58.7 Å². The second-order valence-electron chi connectivity index (χ2n) is 26.7. The second-order valence-corrected chi connectivity index (χ2v) is 26.7. The third-order valence-electron chi connectivity index (χ3n) is 21.2. The van der Waals surface area contributed by atoms with Crippen molar-refractivity contribution >= 4 is 18.2 Å². The second kappa shape index (κ2) is 16.3. The van der Waals surface area contributed by atoms with Gasteiger partial charge in [-0.05, 0) is 154 Å². The van der Waals surface area contributed by atoms with E-state index in [1.54, 1.807) is 0 Å². The number of alkyl carbamates (subject to hydrolysis) is 2. The van der Waals surface area contributed by atoms with Gasteiger partial charge in [-0.3, -0.25) is 0 Å². The lowest BCUT2D eigenvalue weighted by Gasteiger charge is -2.70. The van der Waals surface area contributed by atoms with E-state index in [-0.39, 0.29) is 64.5 Å². The number of carbonyl (C=O) groups is 3. The van der Waals surface area contributed by atoms with Crippen LogP contribution in [0, 0.1) is 51.8 Å². The van der Waals surface area contributed by atoms with Gasteiger partial charge in [-0.2, -0.15) is 0 Å². The van der Waals surface area contributed by atoms with Crippen molar-refractivity contribution in [2.24, 2.45) is 51.8 Å². The van der Waals surface area contributed by atoms with Crippen molar-refractivity contribution in [1.82, 2.24) is 10.6 Å². The maximum absolute atomic E-state index is 14.5. The number of epoxide rings is 2. The molecule has 0 aromatic heterocycles. The number of nitrogens with one attached hydrogen (secondary N) is 2. The predicted octanol–water partition coefficient (Wildman–Crippen LogP) is 9.01. The summed E-state index contributed by atoms with van der Waals surface area (Å²) in [5.74, 6) is 1.45. The van der Waals surface area contributed by atoms with E-state index in [0.717, 1.165) is 73.7 Å². The molecule has 4 saturated heterocycles. The Morgan fingerprint density at radius 1 is 0.901 bits per heavy atom. The Kier molecular flexibility index (Phi) is 11.1. The van der Waals surface area contributed by atoms with Crippen LogP contribution in [-0.4, -0.2) is 106 Å². The first kappa shape index (κ1) is 48.4. The zero-order valence-electron chi connectivity index (χ0n) is 43.5. The smallest absolute Gasteiger partial charge is 0.408 e. The van der Waals surface area contributed by atoms with Gasteiger partial charge in [0.05, 0.1) is 18.3 Å². The number of aliphatic hydroxyl groups is 2. The van der Waals surface area contributed by atoms with Crippen LogP contribution in [0.2, 0.25) is 0 Å². The Morgan fingerprint density at radius 3 is 2.42 bits per heavy atom. The third-order valence-corrected chi connectivity index (χ3v) is 21.2. The zero-order chi connectivity index (χ0) is 50.0. The number of rotatable bonds is 10. The van der Waals surface area contributed by atoms with Crippen LogP contribution < -0.4 is 10.6 Å². The van der Waals surface area contributed by atoms with Crippen LogP contribution in [0.4, 0.5) is 9.59 Å². The van der Waals surface area contributed by atoms with Crippen molar-refractivity contribution in [3.8, 4) is 0 Å². The monoisotopic (exact) mass is 981 g/mol. The van der Waals surface area contributed by atoms with E-state index in [9.17, 15) is 24.6 Å². The van der Waals surface area contributed by atoms with Crippen LogP contribution in [0.15, 0.2) is 58.7 Å². The maximum Gasteiger partial charge on any atom is 0.408 e. The minimum atomic E-state index is -0.870. The van der Waals surface area contributed by atoms with E-state index in [0.29, 0.717) is 68.8 Å². The highest BCUT2D eigenvalue weighted by Crippen LogP contribution is 2.82. The fourth-order valence-corrected chi connectivity index (χ4v) is 18.2. The summed E-state index contributed by atoms with van der Waals surface area (Å²) in [6.07, 6.45) is 17.9. The molecule has 18 atom stereocenters. The molecule has 5 aliphatic heterocycles. The Balaban J connectivity index is 0.697. The fourth-order valence-electron chi connectivity index (χ4n) is 18.2. The average molecular weight is 981 g/mol. The number of carbonyl (C=O) groups excluding carboxylic acids is 3. The lowest BCUT2D eigenvalue weighted by Crippen LogP contribution is -2.84. The van der Waals surface area contributed by atoms with Crippen LogP contribution in [0.1, 0.15) is 152 Å². The topological polar surface area (TPSA) is 178 Å². The number of hydrogen-bond donors (Lipinski definition) is 4. The summed E-state index contributed by atoms with van der Waals surface area (Å²) in [4.78, 5) is 41.2. The number of esters is 1. The summed E-state index contributed by atoms with van der Waals surface area (Å²) in [5, 5.41) is 27.3. The van der Waals surface area contributed by atoms with Crippen molar-refractivity contribution in [1.29, 1.82) is 0 Å². The van der Waals surface area contributed by atoms with Gasteiger partial charge in [-0.1, -0.05) is 78.8 Å². The molecule has 0 radical (unpaired) electrons. The SMILES string of the molecule is C=C1/C(=C\C=C2/CCC[C@@]3(C)C2CCC3[C@@H](C)/C=C/C(OC(=O)NC2CC(C)(C)CC(C)(NC(=O)O[C@@H]3[C@@]4(C(C)C)O[C@H]4[C@@H]4O[C@@]45[C@@]4(C)CCC6=C(COC6=O)[C@@H]4C4C[C@@]35O4)C2)C2CC2)C[C@@H](O)C[C@@H]1O.